The average Bonchev–Trinajstić information content (AvgIpc) is 2.42. The second-order valence-electron chi connectivity index (χ2n) is 5.55. The Balaban J connectivity index is 2.16. The molecule has 0 aliphatic carbocycles. The second kappa shape index (κ2) is 7.15. The zero-order valence-electron chi connectivity index (χ0n) is 13.0. The van der Waals surface area contributed by atoms with Crippen LogP contribution in [0.15, 0.2) is 24.3 Å². The van der Waals surface area contributed by atoms with Crippen LogP contribution in [0, 0.1) is 24.5 Å². The number of nitrogens with one attached hydrogen (secondary N) is 2. The van der Waals surface area contributed by atoms with Crippen molar-refractivity contribution in [2.75, 3.05) is 17.2 Å². The summed E-state index contributed by atoms with van der Waals surface area (Å²) in [6.07, 6.45) is 1.01. The highest BCUT2D eigenvalue weighted by molar-refractivity contribution is 5.56. The van der Waals surface area contributed by atoms with Crippen molar-refractivity contribution in [2.24, 2.45) is 5.92 Å². The van der Waals surface area contributed by atoms with Gasteiger partial charge in [0.25, 0.3) is 0 Å². The van der Waals surface area contributed by atoms with Crippen LogP contribution in [0.4, 0.5) is 26.2 Å². The topological polar surface area (TPSA) is 49.8 Å². The molecule has 0 unspecified atom stereocenters. The van der Waals surface area contributed by atoms with Crippen molar-refractivity contribution in [1.82, 2.24) is 9.97 Å². The molecule has 6 heteroatoms. The van der Waals surface area contributed by atoms with E-state index in [1.54, 1.807) is 13.0 Å². The Bertz CT molecular complexity index is 624. The van der Waals surface area contributed by atoms with Crippen molar-refractivity contribution in [3.63, 3.8) is 0 Å². The average molecular weight is 306 g/mol. The van der Waals surface area contributed by atoms with Crippen LogP contribution >= 0.6 is 0 Å². The summed E-state index contributed by atoms with van der Waals surface area (Å²) in [7, 11) is 0. The van der Waals surface area contributed by atoms with E-state index in [2.05, 4.69) is 34.4 Å². The van der Waals surface area contributed by atoms with E-state index in [1.165, 1.54) is 18.2 Å². The Morgan fingerprint density at radius 2 is 1.82 bits per heavy atom. The van der Waals surface area contributed by atoms with Crippen LogP contribution in [0.3, 0.4) is 0 Å². The molecule has 118 valence electrons. The highest BCUT2D eigenvalue weighted by Gasteiger charge is 2.11. The summed E-state index contributed by atoms with van der Waals surface area (Å²) in [5.74, 6) is 0.0165. The molecule has 0 saturated carbocycles. The van der Waals surface area contributed by atoms with E-state index in [4.69, 9.17) is 0 Å². The molecule has 0 radical (unpaired) electrons. The van der Waals surface area contributed by atoms with Gasteiger partial charge in [0.2, 0.25) is 5.95 Å². The lowest BCUT2D eigenvalue weighted by Crippen LogP contribution is -2.09. The van der Waals surface area contributed by atoms with Gasteiger partial charge in [0.1, 0.15) is 23.1 Å². The molecular formula is C16H20F2N4. The maximum Gasteiger partial charge on any atom is 0.229 e. The Kier molecular flexibility index (Phi) is 5.25. The summed E-state index contributed by atoms with van der Waals surface area (Å²) in [4.78, 5) is 8.40. The smallest absolute Gasteiger partial charge is 0.229 e. The van der Waals surface area contributed by atoms with Gasteiger partial charge in [-0.05, 0) is 31.4 Å². The molecule has 2 aromatic rings. The monoisotopic (exact) mass is 306 g/mol. The summed E-state index contributed by atoms with van der Waals surface area (Å²) in [5, 5.41) is 5.80. The van der Waals surface area contributed by atoms with E-state index in [0.29, 0.717) is 17.4 Å². The van der Waals surface area contributed by atoms with Crippen LogP contribution in [0.2, 0.25) is 0 Å². The maximum atomic E-state index is 13.7. The molecular weight excluding hydrogens is 286 g/mol. The van der Waals surface area contributed by atoms with E-state index in [0.717, 1.165) is 13.0 Å². The molecule has 2 rings (SSSR count). The second-order valence-corrected chi connectivity index (χ2v) is 5.55. The highest BCUT2D eigenvalue weighted by atomic mass is 19.1. The highest BCUT2D eigenvalue weighted by Crippen LogP contribution is 2.22. The van der Waals surface area contributed by atoms with Gasteiger partial charge in [0, 0.05) is 18.3 Å². The number of rotatable bonds is 6. The number of aryl methyl sites for hydroxylation is 1. The van der Waals surface area contributed by atoms with Crippen molar-refractivity contribution >= 4 is 17.5 Å². The van der Waals surface area contributed by atoms with Crippen LogP contribution in [0.1, 0.15) is 26.0 Å². The van der Waals surface area contributed by atoms with Crippen LogP contribution in [-0.4, -0.2) is 16.5 Å². The first-order chi connectivity index (χ1) is 10.5. The fourth-order valence-corrected chi connectivity index (χ4v) is 1.93. The van der Waals surface area contributed by atoms with Crippen molar-refractivity contribution in [3.8, 4) is 0 Å². The molecule has 0 saturated heterocycles. The van der Waals surface area contributed by atoms with E-state index in [-0.39, 0.29) is 11.6 Å². The van der Waals surface area contributed by atoms with E-state index in [9.17, 15) is 8.78 Å². The zero-order valence-corrected chi connectivity index (χ0v) is 13.0. The molecule has 0 spiro atoms. The van der Waals surface area contributed by atoms with Gasteiger partial charge < -0.3 is 10.6 Å². The van der Waals surface area contributed by atoms with Crippen LogP contribution < -0.4 is 10.6 Å². The molecule has 0 amide bonds. The molecule has 2 N–H and O–H groups in total. The SMILES string of the molecule is Cc1cc(NCCC(C)C)nc(Nc2c(F)cccc2F)n1. The Hall–Kier alpha value is -2.24. The standard InChI is InChI=1S/C16H20F2N4/c1-10(2)7-8-19-14-9-11(3)20-16(21-14)22-15-12(17)5-4-6-13(15)18/h4-6,9-10H,7-8H2,1-3H3,(H2,19,20,21,22). The largest absolute Gasteiger partial charge is 0.370 e. The Morgan fingerprint density at radius 3 is 2.45 bits per heavy atom. The first-order valence-corrected chi connectivity index (χ1v) is 7.26. The van der Waals surface area contributed by atoms with Gasteiger partial charge in [-0.3, -0.25) is 0 Å². The number of benzene rings is 1. The first kappa shape index (κ1) is 16.1. The lowest BCUT2D eigenvalue weighted by molar-refractivity contribution is 0.590. The van der Waals surface area contributed by atoms with Crippen molar-refractivity contribution in [1.29, 1.82) is 0 Å². The third-order valence-corrected chi connectivity index (χ3v) is 3.08. The number of hydrogen-bond donors (Lipinski definition) is 2. The van der Waals surface area contributed by atoms with E-state index in [1.807, 2.05) is 0 Å². The number of nitrogens with zero attached hydrogens (tertiary/aromatic N) is 2. The maximum absolute atomic E-state index is 13.7. The van der Waals surface area contributed by atoms with Crippen molar-refractivity contribution in [3.05, 3.63) is 41.6 Å². The van der Waals surface area contributed by atoms with Crippen LogP contribution in [0.25, 0.3) is 0 Å². The third-order valence-electron chi connectivity index (χ3n) is 3.08. The van der Waals surface area contributed by atoms with Crippen LogP contribution in [0.5, 0.6) is 0 Å². The number of para-hydroxylation sites is 1. The van der Waals surface area contributed by atoms with Gasteiger partial charge in [-0.1, -0.05) is 19.9 Å². The Morgan fingerprint density at radius 1 is 1.14 bits per heavy atom. The summed E-state index contributed by atoms with van der Waals surface area (Å²) in [5.41, 5.74) is 0.461. The van der Waals surface area contributed by atoms with Crippen molar-refractivity contribution < 1.29 is 8.78 Å². The summed E-state index contributed by atoms with van der Waals surface area (Å²) in [6.45, 7) is 6.86. The van der Waals surface area contributed by atoms with E-state index >= 15 is 0 Å². The summed E-state index contributed by atoms with van der Waals surface area (Å²) < 4.78 is 27.3. The Labute approximate surface area is 129 Å². The number of hydrogen-bond acceptors (Lipinski definition) is 4. The number of anilines is 3. The lowest BCUT2D eigenvalue weighted by atomic mass is 10.1. The fraction of sp³-hybridized carbons (Fsp3) is 0.375. The molecule has 22 heavy (non-hydrogen) atoms. The molecule has 1 aromatic heterocycles. The molecule has 0 atom stereocenters. The fourth-order valence-electron chi connectivity index (χ4n) is 1.93. The molecule has 0 aliphatic rings. The zero-order chi connectivity index (χ0) is 16.1. The van der Waals surface area contributed by atoms with Gasteiger partial charge in [0.05, 0.1) is 0 Å². The predicted molar refractivity (Wildman–Crippen MR) is 84.4 cm³/mol. The van der Waals surface area contributed by atoms with Gasteiger partial charge in [0.15, 0.2) is 0 Å². The third kappa shape index (κ3) is 4.38. The molecule has 4 nitrogen and oxygen atoms in total. The van der Waals surface area contributed by atoms with Crippen molar-refractivity contribution in [2.45, 2.75) is 27.2 Å². The predicted octanol–water partition coefficient (Wildman–Crippen LogP) is 4.26. The molecule has 0 aliphatic heterocycles. The normalized spacial score (nSPS) is 10.8. The minimum atomic E-state index is -0.681. The summed E-state index contributed by atoms with van der Waals surface area (Å²) >= 11 is 0. The number of halogens is 2. The number of aromatic nitrogens is 2. The summed E-state index contributed by atoms with van der Waals surface area (Å²) in [6, 6.07) is 5.47. The first-order valence-electron chi connectivity index (χ1n) is 7.26. The minimum Gasteiger partial charge on any atom is -0.370 e. The molecule has 1 aromatic carbocycles. The minimum absolute atomic E-state index is 0.163. The van der Waals surface area contributed by atoms with Gasteiger partial charge in [-0.15, -0.1) is 0 Å². The lowest BCUT2D eigenvalue weighted by Gasteiger charge is -2.11. The van der Waals surface area contributed by atoms with E-state index < -0.39 is 11.6 Å². The van der Waals surface area contributed by atoms with Crippen LogP contribution in [-0.2, 0) is 0 Å². The van der Waals surface area contributed by atoms with Gasteiger partial charge >= 0.3 is 0 Å². The van der Waals surface area contributed by atoms with Gasteiger partial charge in [-0.25, -0.2) is 13.8 Å². The van der Waals surface area contributed by atoms with Gasteiger partial charge in [-0.2, -0.15) is 4.98 Å². The quantitative estimate of drug-likeness (QED) is 0.837. The molecule has 1 heterocycles. The molecule has 0 bridgehead atoms. The molecule has 0 fully saturated rings.